The molecule has 1 saturated heterocycles. The van der Waals surface area contributed by atoms with E-state index in [1.54, 1.807) is 0 Å². The molecule has 0 bridgehead atoms. The first-order valence-electron chi connectivity index (χ1n) is 11.2. The van der Waals surface area contributed by atoms with Crippen molar-refractivity contribution in [3.8, 4) is 0 Å². The van der Waals surface area contributed by atoms with Gasteiger partial charge in [-0.3, -0.25) is 9.69 Å². The summed E-state index contributed by atoms with van der Waals surface area (Å²) in [5, 5.41) is 6.11. The van der Waals surface area contributed by atoms with Crippen molar-refractivity contribution in [2.45, 2.75) is 117 Å². The van der Waals surface area contributed by atoms with Crippen LogP contribution in [-0.2, 0) is 9.53 Å². The Labute approximate surface area is 184 Å². The Morgan fingerprint density at radius 2 is 1.67 bits per heavy atom. The average Bonchev–Trinajstić information content (AvgIpc) is 2.49. The first-order valence-corrected chi connectivity index (χ1v) is 11.2. The summed E-state index contributed by atoms with van der Waals surface area (Å²) < 4.78 is 5.36. The Bertz CT molecular complexity index is 600. The molecule has 1 aliphatic heterocycles. The summed E-state index contributed by atoms with van der Waals surface area (Å²) >= 11 is 0. The van der Waals surface area contributed by atoms with Crippen LogP contribution in [0.5, 0.6) is 0 Å². The van der Waals surface area contributed by atoms with Crippen molar-refractivity contribution >= 4 is 12.0 Å². The molecule has 6 nitrogen and oxygen atoms in total. The van der Waals surface area contributed by atoms with E-state index < -0.39 is 11.7 Å². The largest absolute Gasteiger partial charge is 0.444 e. The summed E-state index contributed by atoms with van der Waals surface area (Å²) in [5.74, 6) is 0.431. The molecule has 0 aromatic rings. The molecule has 0 spiro atoms. The Morgan fingerprint density at radius 3 is 2.13 bits per heavy atom. The highest BCUT2D eigenvalue weighted by atomic mass is 16.6. The fraction of sp³-hybridized carbons (Fsp3) is 0.833. The lowest BCUT2D eigenvalue weighted by atomic mass is 9.77. The van der Waals surface area contributed by atoms with Gasteiger partial charge in [0.25, 0.3) is 0 Å². The van der Waals surface area contributed by atoms with Crippen LogP contribution in [-0.4, -0.2) is 52.7 Å². The van der Waals surface area contributed by atoms with Crippen LogP contribution in [0.25, 0.3) is 0 Å². The van der Waals surface area contributed by atoms with Crippen LogP contribution < -0.4 is 10.6 Å². The molecule has 0 aromatic carbocycles. The molecule has 1 aliphatic rings. The number of carbonyl (C=O) groups is 2. The molecule has 0 aromatic heterocycles. The molecule has 0 saturated carbocycles. The minimum absolute atomic E-state index is 0.0213. The Hall–Kier alpha value is -1.56. The van der Waals surface area contributed by atoms with Crippen molar-refractivity contribution < 1.29 is 14.3 Å². The van der Waals surface area contributed by atoms with E-state index in [0.717, 1.165) is 19.3 Å². The third-order valence-electron chi connectivity index (χ3n) is 5.77. The number of nitrogens with zero attached hydrogens (tertiary/aromatic N) is 1. The SMILES string of the molecule is CC(C)C[C@@H](/C=C/CC(=O)NC1CC(C)(C)N(C)C(C)(C)C1)NC(=O)OC(C)(C)C. The second-order valence-corrected chi connectivity index (χ2v) is 11.4. The molecule has 1 fully saturated rings. The van der Waals surface area contributed by atoms with E-state index >= 15 is 0 Å². The maximum absolute atomic E-state index is 12.5. The highest BCUT2D eigenvalue weighted by molar-refractivity contribution is 5.77. The van der Waals surface area contributed by atoms with Gasteiger partial charge in [0.05, 0.1) is 6.04 Å². The normalized spacial score (nSPS) is 20.9. The molecule has 30 heavy (non-hydrogen) atoms. The Kier molecular flexibility index (Phi) is 8.97. The van der Waals surface area contributed by atoms with Gasteiger partial charge in [0, 0.05) is 23.5 Å². The second-order valence-electron chi connectivity index (χ2n) is 11.4. The van der Waals surface area contributed by atoms with Gasteiger partial charge in [0.15, 0.2) is 0 Å². The zero-order valence-corrected chi connectivity index (χ0v) is 20.9. The minimum atomic E-state index is -0.536. The summed E-state index contributed by atoms with van der Waals surface area (Å²) in [6, 6.07) is 0.00676. The average molecular weight is 424 g/mol. The summed E-state index contributed by atoms with van der Waals surface area (Å²) in [4.78, 5) is 27.1. The van der Waals surface area contributed by atoms with Gasteiger partial charge in [-0.15, -0.1) is 0 Å². The number of piperidine rings is 1. The zero-order chi connectivity index (χ0) is 23.3. The van der Waals surface area contributed by atoms with Crippen LogP contribution in [0.15, 0.2) is 12.2 Å². The van der Waals surface area contributed by atoms with E-state index in [0.29, 0.717) is 12.3 Å². The van der Waals surface area contributed by atoms with Crippen LogP contribution in [0.3, 0.4) is 0 Å². The number of ether oxygens (including phenoxy) is 1. The predicted molar refractivity (Wildman–Crippen MR) is 123 cm³/mol. The molecule has 6 heteroatoms. The Morgan fingerprint density at radius 1 is 1.13 bits per heavy atom. The number of hydrogen-bond donors (Lipinski definition) is 2. The van der Waals surface area contributed by atoms with Gasteiger partial charge in [-0.2, -0.15) is 0 Å². The van der Waals surface area contributed by atoms with Crippen molar-refractivity contribution in [3.63, 3.8) is 0 Å². The van der Waals surface area contributed by atoms with Crippen LogP contribution in [0.2, 0.25) is 0 Å². The molecule has 0 aliphatic carbocycles. The number of amides is 2. The topological polar surface area (TPSA) is 70.7 Å². The molecular weight excluding hydrogens is 378 g/mol. The van der Waals surface area contributed by atoms with E-state index in [2.05, 4.69) is 64.1 Å². The first-order chi connectivity index (χ1) is 13.5. The summed E-state index contributed by atoms with van der Waals surface area (Å²) in [6.07, 6.45) is 6.28. The molecule has 2 amide bonds. The third kappa shape index (κ3) is 9.07. The lowest BCUT2D eigenvalue weighted by Gasteiger charge is -2.53. The standard InChI is InChI=1S/C24H45N3O3/c1-17(2)14-18(26-21(29)30-22(3,4)5)12-11-13-20(28)25-19-15-23(6,7)27(10)24(8,9)16-19/h11-12,17-19H,13-16H2,1-10H3,(H,25,28)(H,26,29)/b12-11+/t18-/m1/s1. The quantitative estimate of drug-likeness (QED) is 0.585. The van der Waals surface area contributed by atoms with Crippen LogP contribution in [0.4, 0.5) is 4.79 Å². The number of hydrogen-bond acceptors (Lipinski definition) is 4. The lowest BCUT2D eigenvalue weighted by molar-refractivity contribution is -0.122. The van der Waals surface area contributed by atoms with Gasteiger partial charge in [-0.05, 0) is 80.7 Å². The molecule has 1 heterocycles. The molecule has 174 valence electrons. The maximum Gasteiger partial charge on any atom is 0.408 e. The van der Waals surface area contributed by atoms with Gasteiger partial charge in [-0.25, -0.2) is 4.79 Å². The fourth-order valence-corrected chi connectivity index (χ4v) is 4.25. The highest BCUT2D eigenvalue weighted by Crippen LogP contribution is 2.36. The summed E-state index contributed by atoms with van der Waals surface area (Å²) in [7, 11) is 2.16. The second kappa shape index (κ2) is 10.2. The van der Waals surface area contributed by atoms with Crippen molar-refractivity contribution in [2.75, 3.05) is 7.05 Å². The molecule has 0 radical (unpaired) electrons. The lowest BCUT2D eigenvalue weighted by Crippen LogP contribution is -2.62. The molecule has 1 rings (SSSR count). The molecular formula is C24H45N3O3. The van der Waals surface area contributed by atoms with Gasteiger partial charge in [-0.1, -0.05) is 26.0 Å². The Balaban J connectivity index is 2.63. The van der Waals surface area contributed by atoms with Gasteiger partial charge in [0.1, 0.15) is 5.60 Å². The summed E-state index contributed by atoms with van der Waals surface area (Å²) in [6.45, 7) is 18.7. The number of nitrogens with one attached hydrogen (secondary N) is 2. The van der Waals surface area contributed by atoms with E-state index in [-0.39, 0.29) is 29.1 Å². The minimum Gasteiger partial charge on any atom is -0.444 e. The monoisotopic (exact) mass is 423 g/mol. The summed E-state index contributed by atoms with van der Waals surface area (Å²) in [5.41, 5.74) is -0.462. The predicted octanol–water partition coefficient (Wildman–Crippen LogP) is 4.64. The van der Waals surface area contributed by atoms with Gasteiger partial charge >= 0.3 is 6.09 Å². The number of rotatable bonds is 7. The molecule has 1 atom stereocenters. The van der Waals surface area contributed by atoms with E-state index in [1.165, 1.54) is 0 Å². The molecule has 0 unspecified atom stereocenters. The van der Waals surface area contributed by atoms with Crippen LogP contribution in [0, 0.1) is 5.92 Å². The van der Waals surface area contributed by atoms with Gasteiger partial charge < -0.3 is 15.4 Å². The molecule has 2 N–H and O–H groups in total. The fourth-order valence-electron chi connectivity index (χ4n) is 4.25. The highest BCUT2D eigenvalue weighted by Gasteiger charge is 2.43. The van der Waals surface area contributed by atoms with Crippen LogP contribution >= 0.6 is 0 Å². The van der Waals surface area contributed by atoms with Crippen LogP contribution in [0.1, 0.15) is 88.0 Å². The van der Waals surface area contributed by atoms with Crippen molar-refractivity contribution in [1.29, 1.82) is 0 Å². The van der Waals surface area contributed by atoms with E-state index in [4.69, 9.17) is 4.74 Å². The smallest absolute Gasteiger partial charge is 0.408 e. The van der Waals surface area contributed by atoms with Gasteiger partial charge in [0.2, 0.25) is 5.91 Å². The van der Waals surface area contributed by atoms with Crippen molar-refractivity contribution in [3.05, 3.63) is 12.2 Å². The number of alkyl carbamates (subject to hydrolysis) is 1. The first kappa shape index (κ1) is 26.5. The van der Waals surface area contributed by atoms with E-state index in [1.807, 2.05) is 32.9 Å². The van der Waals surface area contributed by atoms with Crippen molar-refractivity contribution in [2.24, 2.45) is 5.92 Å². The third-order valence-corrected chi connectivity index (χ3v) is 5.77. The number of likely N-dealkylation sites (tertiary alicyclic amines) is 1. The maximum atomic E-state index is 12.5. The number of carbonyl (C=O) groups excluding carboxylic acids is 2. The van der Waals surface area contributed by atoms with E-state index in [9.17, 15) is 9.59 Å². The zero-order valence-electron chi connectivity index (χ0n) is 20.9. The van der Waals surface area contributed by atoms with Crippen molar-refractivity contribution in [1.82, 2.24) is 15.5 Å².